The van der Waals surface area contributed by atoms with Gasteiger partial charge in [-0.25, -0.2) is 4.79 Å². The average Bonchev–Trinajstić information content (AvgIpc) is 2.22. The van der Waals surface area contributed by atoms with Gasteiger partial charge in [-0.05, 0) is 18.2 Å². The fourth-order valence-corrected chi connectivity index (χ4v) is 2.51. The van der Waals surface area contributed by atoms with E-state index in [1.807, 2.05) is 12.1 Å². The molecule has 1 aliphatic heterocycles. The molecule has 1 heterocycles. The normalized spacial score (nSPS) is 17.1. The van der Waals surface area contributed by atoms with Gasteiger partial charge in [0, 0.05) is 17.8 Å². The minimum absolute atomic E-state index is 0.0241. The maximum Gasteiger partial charge on any atom is 0.325 e. The van der Waals surface area contributed by atoms with Crippen molar-refractivity contribution in [1.82, 2.24) is 4.90 Å². The summed E-state index contributed by atoms with van der Waals surface area (Å²) in [5.74, 6) is 1.43. The number of halogens is 1. The van der Waals surface area contributed by atoms with E-state index in [0.29, 0.717) is 10.9 Å². The molecule has 0 aliphatic carbocycles. The third-order valence-electron chi connectivity index (χ3n) is 2.18. The van der Waals surface area contributed by atoms with E-state index >= 15 is 0 Å². The van der Waals surface area contributed by atoms with Gasteiger partial charge in [0.1, 0.15) is 0 Å². The SMILES string of the molecule is CN1CSCN(c2cccc(Cl)c2)C1=O. The second-order valence-electron chi connectivity index (χ2n) is 3.35. The number of thioether (sulfide) groups is 1. The molecule has 1 saturated heterocycles. The smallest absolute Gasteiger partial charge is 0.318 e. The lowest BCUT2D eigenvalue weighted by Gasteiger charge is -2.32. The Labute approximate surface area is 98.0 Å². The van der Waals surface area contributed by atoms with Crippen molar-refractivity contribution in [3.63, 3.8) is 0 Å². The van der Waals surface area contributed by atoms with Crippen LogP contribution in [0.15, 0.2) is 24.3 Å². The molecule has 0 atom stereocenters. The van der Waals surface area contributed by atoms with E-state index in [1.165, 1.54) is 0 Å². The van der Waals surface area contributed by atoms with E-state index in [4.69, 9.17) is 11.6 Å². The zero-order valence-electron chi connectivity index (χ0n) is 8.31. The van der Waals surface area contributed by atoms with Gasteiger partial charge in [0.2, 0.25) is 0 Å². The highest BCUT2D eigenvalue weighted by Gasteiger charge is 2.24. The molecule has 2 rings (SSSR count). The Morgan fingerprint density at radius 2 is 2.20 bits per heavy atom. The number of amides is 2. The molecule has 0 N–H and O–H groups in total. The molecule has 1 aromatic carbocycles. The van der Waals surface area contributed by atoms with Crippen LogP contribution in [0, 0.1) is 0 Å². The summed E-state index contributed by atoms with van der Waals surface area (Å²) in [6.07, 6.45) is 0. The first kappa shape index (κ1) is 10.6. The van der Waals surface area contributed by atoms with E-state index < -0.39 is 0 Å². The summed E-state index contributed by atoms with van der Waals surface area (Å²) in [5.41, 5.74) is 0.853. The van der Waals surface area contributed by atoms with Crippen molar-refractivity contribution in [2.45, 2.75) is 0 Å². The summed E-state index contributed by atoms with van der Waals surface area (Å²) in [4.78, 5) is 15.2. The second kappa shape index (κ2) is 4.33. The molecule has 0 bridgehead atoms. The maximum atomic E-state index is 11.8. The molecule has 5 heteroatoms. The van der Waals surface area contributed by atoms with Gasteiger partial charge < -0.3 is 4.90 Å². The van der Waals surface area contributed by atoms with Crippen molar-refractivity contribution < 1.29 is 4.79 Å². The third-order valence-corrected chi connectivity index (χ3v) is 3.43. The lowest BCUT2D eigenvalue weighted by Crippen LogP contribution is -2.45. The van der Waals surface area contributed by atoms with Gasteiger partial charge in [-0.1, -0.05) is 17.7 Å². The molecule has 0 radical (unpaired) electrons. The predicted octanol–water partition coefficient (Wildman–Crippen LogP) is 2.86. The van der Waals surface area contributed by atoms with E-state index in [1.54, 1.807) is 40.7 Å². The Balaban J connectivity index is 2.26. The minimum atomic E-state index is 0.0241. The van der Waals surface area contributed by atoms with E-state index in [9.17, 15) is 4.79 Å². The predicted molar refractivity (Wildman–Crippen MR) is 64.4 cm³/mol. The van der Waals surface area contributed by atoms with Gasteiger partial charge in [-0.2, -0.15) is 0 Å². The molecular weight excluding hydrogens is 232 g/mol. The van der Waals surface area contributed by atoms with Crippen molar-refractivity contribution in [1.29, 1.82) is 0 Å². The minimum Gasteiger partial charge on any atom is -0.318 e. The quantitative estimate of drug-likeness (QED) is 0.756. The van der Waals surface area contributed by atoms with Crippen LogP contribution in [0.2, 0.25) is 5.02 Å². The number of anilines is 1. The van der Waals surface area contributed by atoms with Crippen molar-refractivity contribution in [2.24, 2.45) is 0 Å². The number of hydrogen-bond acceptors (Lipinski definition) is 2. The van der Waals surface area contributed by atoms with Crippen molar-refractivity contribution >= 4 is 35.1 Å². The number of urea groups is 1. The van der Waals surface area contributed by atoms with Crippen molar-refractivity contribution in [3.05, 3.63) is 29.3 Å². The van der Waals surface area contributed by atoms with Crippen LogP contribution in [0.3, 0.4) is 0 Å². The molecule has 0 aromatic heterocycles. The van der Waals surface area contributed by atoms with Crippen LogP contribution in [-0.4, -0.2) is 29.7 Å². The fraction of sp³-hybridized carbons (Fsp3) is 0.300. The van der Waals surface area contributed by atoms with Crippen LogP contribution < -0.4 is 4.90 Å². The molecule has 80 valence electrons. The zero-order chi connectivity index (χ0) is 10.8. The highest BCUT2D eigenvalue weighted by molar-refractivity contribution is 7.99. The van der Waals surface area contributed by atoms with E-state index in [2.05, 4.69) is 0 Å². The molecule has 0 saturated carbocycles. The molecule has 3 nitrogen and oxygen atoms in total. The van der Waals surface area contributed by atoms with E-state index in [0.717, 1.165) is 11.6 Å². The van der Waals surface area contributed by atoms with Gasteiger partial charge in [0.05, 0.1) is 11.8 Å². The van der Waals surface area contributed by atoms with Crippen molar-refractivity contribution in [2.75, 3.05) is 23.7 Å². The van der Waals surface area contributed by atoms with Crippen LogP contribution in [0.5, 0.6) is 0 Å². The lowest BCUT2D eigenvalue weighted by molar-refractivity contribution is 0.222. The van der Waals surface area contributed by atoms with Crippen LogP contribution in [-0.2, 0) is 0 Å². The average molecular weight is 243 g/mol. The monoisotopic (exact) mass is 242 g/mol. The first-order valence-corrected chi connectivity index (χ1v) is 6.07. The molecule has 0 unspecified atom stereocenters. The lowest BCUT2D eigenvalue weighted by atomic mass is 10.3. The summed E-state index contributed by atoms with van der Waals surface area (Å²) < 4.78 is 0. The summed E-state index contributed by atoms with van der Waals surface area (Å²) in [7, 11) is 1.80. The summed E-state index contributed by atoms with van der Waals surface area (Å²) in [6, 6.07) is 7.37. The van der Waals surface area contributed by atoms with Gasteiger partial charge in [0.15, 0.2) is 0 Å². The highest BCUT2D eigenvalue weighted by atomic mass is 35.5. The van der Waals surface area contributed by atoms with Crippen molar-refractivity contribution in [3.8, 4) is 0 Å². The molecule has 15 heavy (non-hydrogen) atoms. The number of carbonyl (C=O) groups excluding carboxylic acids is 1. The number of hydrogen-bond donors (Lipinski definition) is 0. The third kappa shape index (κ3) is 2.21. The summed E-state index contributed by atoms with van der Waals surface area (Å²) in [6.45, 7) is 0. The Kier molecular flexibility index (Phi) is 3.07. The summed E-state index contributed by atoms with van der Waals surface area (Å²) >= 11 is 7.59. The first-order chi connectivity index (χ1) is 7.18. The fourth-order valence-electron chi connectivity index (χ4n) is 1.41. The van der Waals surface area contributed by atoms with Gasteiger partial charge in [-0.3, -0.25) is 4.90 Å². The molecule has 2 amide bonds. The largest absolute Gasteiger partial charge is 0.325 e. The first-order valence-electron chi connectivity index (χ1n) is 4.54. The summed E-state index contributed by atoms with van der Waals surface area (Å²) in [5, 5.41) is 0.651. The second-order valence-corrected chi connectivity index (χ2v) is 4.71. The number of benzene rings is 1. The van der Waals surface area contributed by atoms with Gasteiger partial charge in [-0.15, -0.1) is 11.8 Å². The van der Waals surface area contributed by atoms with Crippen LogP contribution in [0.1, 0.15) is 0 Å². The molecular formula is C10H11ClN2OS. The van der Waals surface area contributed by atoms with Crippen LogP contribution in [0.4, 0.5) is 10.5 Å². The van der Waals surface area contributed by atoms with Crippen LogP contribution >= 0.6 is 23.4 Å². The molecule has 1 aliphatic rings. The molecule has 1 aromatic rings. The molecule has 1 fully saturated rings. The Morgan fingerprint density at radius 1 is 1.40 bits per heavy atom. The highest BCUT2D eigenvalue weighted by Crippen LogP contribution is 2.25. The number of carbonyl (C=O) groups is 1. The standard InChI is InChI=1S/C10H11ClN2OS/c1-12-6-15-7-13(10(12)14)9-4-2-3-8(11)5-9/h2-5H,6-7H2,1H3. The van der Waals surface area contributed by atoms with E-state index in [-0.39, 0.29) is 6.03 Å². The Hall–Kier alpha value is -0.870. The Morgan fingerprint density at radius 3 is 2.93 bits per heavy atom. The molecule has 0 spiro atoms. The topological polar surface area (TPSA) is 23.6 Å². The van der Waals surface area contributed by atoms with Gasteiger partial charge >= 0.3 is 6.03 Å². The maximum absolute atomic E-state index is 11.8. The zero-order valence-corrected chi connectivity index (χ0v) is 9.88. The van der Waals surface area contributed by atoms with Crippen LogP contribution in [0.25, 0.3) is 0 Å². The Bertz CT molecular complexity index is 385. The number of nitrogens with zero attached hydrogens (tertiary/aromatic N) is 2. The number of rotatable bonds is 1. The van der Waals surface area contributed by atoms with Gasteiger partial charge in [0.25, 0.3) is 0 Å².